The van der Waals surface area contributed by atoms with Gasteiger partial charge in [-0.3, -0.25) is 9.59 Å². The SMILES string of the molecule is COc1ccccc1/C(O)=C1/C(=O)C(=O)N(C2CCCCC2)C1c1cccs1. The molecule has 1 saturated heterocycles. The molecule has 1 N–H and O–H groups in total. The molecule has 0 bridgehead atoms. The van der Waals surface area contributed by atoms with E-state index in [-0.39, 0.29) is 17.4 Å². The van der Waals surface area contributed by atoms with Crippen molar-refractivity contribution in [2.75, 3.05) is 7.11 Å². The van der Waals surface area contributed by atoms with E-state index in [1.165, 1.54) is 18.4 Å². The van der Waals surface area contributed by atoms with Crippen LogP contribution in [0, 0.1) is 0 Å². The smallest absolute Gasteiger partial charge is 0.295 e. The Morgan fingerprint density at radius 1 is 1.11 bits per heavy atom. The summed E-state index contributed by atoms with van der Waals surface area (Å²) in [6, 6.07) is 10.3. The van der Waals surface area contributed by atoms with Crippen molar-refractivity contribution in [2.24, 2.45) is 0 Å². The maximum Gasteiger partial charge on any atom is 0.295 e. The summed E-state index contributed by atoms with van der Waals surface area (Å²) in [7, 11) is 1.52. The Bertz CT molecular complexity index is 912. The highest BCUT2D eigenvalue weighted by Crippen LogP contribution is 2.45. The molecule has 1 aromatic heterocycles. The number of hydrogen-bond donors (Lipinski definition) is 1. The van der Waals surface area contributed by atoms with Gasteiger partial charge in [-0.1, -0.05) is 37.5 Å². The normalized spacial score (nSPS) is 22.6. The number of rotatable bonds is 4. The van der Waals surface area contributed by atoms with Crippen LogP contribution in [-0.4, -0.2) is 34.8 Å². The molecule has 1 saturated carbocycles. The largest absolute Gasteiger partial charge is 0.507 e. The first-order chi connectivity index (χ1) is 13.6. The van der Waals surface area contributed by atoms with Crippen molar-refractivity contribution in [1.29, 1.82) is 0 Å². The molecule has 28 heavy (non-hydrogen) atoms. The van der Waals surface area contributed by atoms with Gasteiger partial charge in [-0.05, 0) is 36.4 Å². The lowest BCUT2D eigenvalue weighted by atomic mass is 9.92. The van der Waals surface area contributed by atoms with Crippen LogP contribution in [-0.2, 0) is 9.59 Å². The molecule has 1 aliphatic heterocycles. The minimum absolute atomic E-state index is 0.0280. The molecule has 1 atom stereocenters. The van der Waals surface area contributed by atoms with E-state index in [1.54, 1.807) is 29.2 Å². The zero-order valence-corrected chi connectivity index (χ0v) is 16.6. The molecule has 2 aliphatic rings. The summed E-state index contributed by atoms with van der Waals surface area (Å²) in [5.41, 5.74) is 0.579. The molecule has 2 aromatic rings. The van der Waals surface area contributed by atoms with Gasteiger partial charge in [0.2, 0.25) is 0 Å². The van der Waals surface area contributed by atoms with Gasteiger partial charge < -0.3 is 14.7 Å². The molecular formula is C22H23NO4S. The van der Waals surface area contributed by atoms with Crippen molar-refractivity contribution in [3.8, 4) is 5.75 Å². The van der Waals surface area contributed by atoms with Gasteiger partial charge >= 0.3 is 0 Å². The number of nitrogens with zero attached hydrogens (tertiary/aromatic N) is 1. The number of thiophene rings is 1. The highest BCUT2D eigenvalue weighted by molar-refractivity contribution is 7.10. The van der Waals surface area contributed by atoms with E-state index >= 15 is 0 Å². The summed E-state index contributed by atoms with van der Waals surface area (Å²) < 4.78 is 5.36. The van der Waals surface area contributed by atoms with Gasteiger partial charge in [0.25, 0.3) is 11.7 Å². The number of hydrogen-bond acceptors (Lipinski definition) is 5. The molecule has 5 nitrogen and oxygen atoms in total. The summed E-state index contributed by atoms with van der Waals surface area (Å²) in [6.45, 7) is 0. The third-order valence-electron chi connectivity index (χ3n) is 5.62. The van der Waals surface area contributed by atoms with Crippen LogP contribution >= 0.6 is 11.3 Å². The van der Waals surface area contributed by atoms with E-state index in [0.29, 0.717) is 11.3 Å². The second kappa shape index (κ2) is 7.80. The number of aliphatic hydroxyl groups excluding tert-OH is 1. The molecule has 0 spiro atoms. The number of carbonyl (C=O) groups excluding carboxylic acids is 2. The molecule has 1 amide bonds. The Balaban J connectivity index is 1.87. The Morgan fingerprint density at radius 3 is 2.54 bits per heavy atom. The molecule has 1 aliphatic carbocycles. The second-order valence-corrected chi connectivity index (χ2v) is 8.19. The van der Waals surface area contributed by atoms with Crippen molar-refractivity contribution in [1.82, 2.24) is 4.90 Å². The van der Waals surface area contributed by atoms with Crippen LogP contribution in [0.25, 0.3) is 5.76 Å². The monoisotopic (exact) mass is 397 g/mol. The number of Topliss-reactive ketones (excluding diaryl/α,β-unsaturated/α-hetero) is 1. The summed E-state index contributed by atoms with van der Waals surface area (Å²) >= 11 is 1.50. The number of amides is 1. The topological polar surface area (TPSA) is 66.8 Å². The van der Waals surface area contributed by atoms with Crippen LogP contribution in [0.5, 0.6) is 5.75 Å². The lowest BCUT2D eigenvalue weighted by molar-refractivity contribution is -0.141. The average molecular weight is 397 g/mol. The van der Waals surface area contributed by atoms with Crippen molar-refractivity contribution < 1.29 is 19.4 Å². The number of ether oxygens (including phenoxy) is 1. The number of methoxy groups -OCH3 is 1. The maximum atomic E-state index is 13.0. The van der Waals surface area contributed by atoms with Crippen molar-refractivity contribution >= 4 is 28.8 Å². The first kappa shape index (κ1) is 18.7. The lowest BCUT2D eigenvalue weighted by Gasteiger charge is -2.34. The standard InChI is InChI=1S/C22H23NO4S/c1-27-16-11-6-5-10-15(16)20(24)18-19(17-12-7-13-28-17)23(22(26)21(18)25)14-8-3-2-4-9-14/h5-7,10-14,19,24H,2-4,8-9H2,1H3/b20-18-. The van der Waals surface area contributed by atoms with E-state index in [0.717, 1.165) is 37.0 Å². The fraction of sp³-hybridized carbons (Fsp3) is 0.364. The van der Waals surface area contributed by atoms with Crippen LogP contribution in [0.1, 0.15) is 48.6 Å². The quantitative estimate of drug-likeness (QED) is 0.468. The number of likely N-dealkylation sites (tertiary alicyclic amines) is 1. The summed E-state index contributed by atoms with van der Waals surface area (Å²) in [5.74, 6) is -0.838. The zero-order chi connectivity index (χ0) is 19.7. The summed E-state index contributed by atoms with van der Waals surface area (Å²) in [6.07, 6.45) is 5.05. The van der Waals surface area contributed by atoms with Crippen LogP contribution in [0.3, 0.4) is 0 Å². The van der Waals surface area contributed by atoms with Crippen LogP contribution in [0.15, 0.2) is 47.4 Å². The minimum Gasteiger partial charge on any atom is -0.507 e. The van der Waals surface area contributed by atoms with Gasteiger partial charge in [0, 0.05) is 10.9 Å². The molecule has 6 heteroatoms. The number of para-hydroxylation sites is 1. The van der Waals surface area contributed by atoms with E-state index in [1.807, 2.05) is 17.5 Å². The molecule has 1 unspecified atom stereocenters. The first-order valence-corrected chi connectivity index (χ1v) is 10.5. The Morgan fingerprint density at radius 2 is 1.86 bits per heavy atom. The third-order valence-corrected chi connectivity index (χ3v) is 6.55. The average Bonchev–Trinajstić information content (AvgIpc) is 3.35. The van der Waals surface area contributed by atoms with Gasteiger partial charge in [0.1, 0.15) is 11.5 Å². The predicted octanol–water partition coefficient (Wildman–Crippen LogP) is 4.51. The Labute approximate surface area is 168 Å². The van der Waals surface area contributed by atoms with E-state index < -0.39 is 17.7 Å². The Hall–Kier alpha value is -2.60. The number of ketones is 1. The third kappa shape index (κ3) is 3.11. The number of aliphatic hydroxyl groups is 1. The fourth-order valence-electron chi connectivity index (χ4n) is 4.30. The second-order valence-electron chi connectivity index (χ2n) is 7.21. The van der Waals surface area contributed by atoms with Gasteiger partial charge in [-0.25, -0.2) is 0 Å². The van der Waals surface area contributed by atoms with E-state index in [2.05, 4.69) is 0 Å². The predicted molar refractivity (Wildman–Crippen MR) is 108 cm³/mol. The summed E-state index contributed by atoms with van der Waals surface area (Å²) in [5, 5.41) is 13.0. The van der Waals surface area contributed by atoms with E-state index in [4.69, 9.17) is 4.74 Å². The fourth-order valence-corrected chi connectivity index (χ4v) is 5.13. The molecule has 146 valence electrons. The van der Waals surface area contributed by atoms with Crippen LogP contribution in [0.2, 0.25) is 0 Å². The number of benzene rings is 1. The van der Waals surface area contributed by atoms with Gasteiger partial charge in [-0.2, -0.15) is 0 Å². The highest BCUT2D eigenvalue weighted by atomic mass is 32.1. The summed E-state index contributed by atoms with van der Waals surface area (Å²) in [4.78, 5) is 28.7. The van der Waals surface area contributed by atoms with Crippen molar-refractivity contribution in [3.05, 3.63) is 57.8 Å². The zero-order valence-electron chi connectivity index (χ0n) is 15.8. The molecular weight excluding hydrogens is 374 g/mol. The van der Waals surface area contributed by atoms with Gasteiger partial charge in [0.15, 0.2) is 0 Å². The first-order valence-electron chi connectivity index (χ1n) is 9.60. The highest BCUT2D eigenvalue weighted by Gasteiger charge is 2.49. The van der Waals surface area contributed by atoms with Crippen molar-refractivity contribution in [2.45, 2.75) is 44.2 Å². The van der Waals surface area contributed by atoms with Crippen LogP contribution in [0.4, 0.5) is 0 Å². The molecule has 2 fully saturated rings. The molecule has 2 heterocycles. The molecule has 1 aromatic carbocycles. The van der Waals surface area contributed by atoms with Crippen molar-refractivity contribution in [3.63, 3.8) is 0 Å². The van der Waals surface area contributed by atoms with E-state index in [9.17, 15) is 14.7 Å². The van der Waals surface area contributed by atoms with Gasteiger partial charge in [-0.15, -0.1) is 11.3 Å². The lowest BCUT2D eigenvalue weighted by Crippen LogP contribution is -2.40. The van der Waals surface area contributed by atoms with Gasteiger partial charge in [0.05, 0.1) is 24.3 Å². The maximum absolute atomic E-state index is 13.0. The minimum atomic E-state index is -0.618. The Kier molecular flexibility index (Phi) is 5.22. The number of carbonyl (C=O) groups is 2. The van der Waals surface area contributed by atoms with Crippen LogP contribution < -0.4 is 4.74 Å². The molecule has 0 radical (unpaired) electrons. The molecule has 4 rings (SSSR count).